The zero-order valence-corrected chi connectivity index (χ0v) is 16.2. The molecule has 0 amide bonds. The Kier molecular flexibility index (Phi) is 4.82. The van der Waals surface area contributed by atoms with Gasteiger partial charge in [0.15, 0.2) is 10.9 Å². The lowest BCUT2D eigenvalue weighted by Crippen LogP contribution is -2.22. The smallest absolute Gasteiger partial charge is 0.267 e. The molecule has 0 saturated carbocycles. The van der Waals surface area contributed by atoms with Crippen molar-refractivity contribution < 1.29 is 0 Å². The quantitative estimate of drug-likeness (QED) is 0.476. The number of halogens is 1. The average molecular weight is 406 g/mol. The zero-order valence-electron chi connectivity index (χ0n) is 14.6. The molecule has 0 aliphatic rings. The summed E-state index contributed by atoms with van der Waals surface area (Å²) in [6.07, 6.45) is 1.69. The van der Waals surface area contributed by atoms with Gasteiger partial charge in [0, 0.05) is 6.20 Å². The predicted octanol–water partition coefficient (Wildman–Crippen LogP) is 4.16. The molecule has 8 heteroatoms. The van der Waals surface area contributed by atoms with Crippen LogP contribution >= 0.6 is 23.4 Å². The first-order chi connectivity index (χ1) is 13.6. The van der Waals surface area contributed by atoms with E-state index in [0.29, 0.717) is 26.9 Å². The number of fused-ring (bicyclic) bond motifs is 1. The molecule has 0 unspecified atom stereocenters. The van der Waals surface area contributed by atoms with Gasteiger partial charge in [-0.25, -0.2) is 19.5 Å². The summed E-state index contributed by atoms with van der Waals surface area (Å²) < 4.78 is 1.45. The van der Waals surface area contributed by atoms with Gasteiger partial charge < -0.3 is 0 Å². The van der Waals surface area contributed by atoms with E-state index in [2.05, 4.69) is 15.0 Å². The molecule has 0 aliphatic carbocycles. The lowest BCUT2D eigenvalue weighted by Gasteiger charge is -2.12. The van der Waals surface area contributed by atoms with Crippen molar-refractivity contribution in [2.24, 2.45) is 0 Å². The van der Waals surface area contributed by atoms with Crippen molar-refractivity contribution in [2.75, 3.05) is 0 Å². The molecule has 1 aromatic carbocycles. The third kappa shape index (κ3) is 3.36. The number of rotatable bonds is 3. The number of aryl methyl sites for hydroxylation is 1. The van der Waals surface area contributed by atoms with Crippen LogP contribution in [0, 0.1) is 18.3 Å². The maximum atomic E-state index is 13.2. The Labute approximate surface area is 169 Å². The highest BCUT2D eigenvalue weighted by Crippen LogP contribution is 2.28. The van der Waals surface area contributed by atoms with Crippen LogP contribution in [-0.2, 0) is 0 Å². The van der Waals surface area contributed by atoms with Gasteiger partial charge in [0.05, 0.1) is 15.9 Å². The maximum absolute atomic E-state index is 13.2. The van der Waals surface area contributed by atoms with Crippen LogP contribution in [0.15, 0.2) is 69.7 Å². The molecule has 28 heavy (non-hydrogen) atoms. The number of nitriles is 1. The number of hydrogen-bond acceptors (Lipinski definition) is 6. The minimum atomic E-state index is -0.223. The summed E-state index contributed by atoms with van der Waals surface area (Å²) in [6.45, 7) is 1.93. The molecule has 0 N–H and O–H groups in total. The van der Waals surface area contributed by atoms with E-state index in [0.717, 1.165) is 5.56 Å². The molecule has 0 saturated heterocycles. The van der Waals surface area contributed by atoms with Crippen LogP contribution in [0.3, 0.4) is 0 Å². The molecule has 3 aromatic heterocycles. The monoisotopic (exact) mass is 405 g/mol. The van der Waals surface area contributed by atoms with Crippen molar-refractivity contribution >= 4 is 34.3 Å². The minimum absolute atomic E-state index is 0.120. The third-order valence-corrected chi connectivity index (χ3v) is 5.19. The molecule has 4 aromatic rings. The highest BCUT2D eigenvalue weighted by Gasteiger charge is 2.16. The SMILES string of the molecule is Cc1ccc(-n2c(Sc3ccc(Cl)c(C#N)n3)nc3ccccc3c2=O)nc1. The van der Waals surface area contributed by atoms with Crippen LogP contribution in [0.2, 0.25) is 5.02 Å². The lowest BCUT2D eigenvalue weighted by atomic mass is 10.2. The second-order valence-corrected chi connectivity index (χ2v) is 7.33. The number of para-hydroxylation sites is 1. The number of nitrogens with zero attached hydrogens (tertiary/aromatic N) is 5. The summed E-state index contributed by atoms with van der Waals surface area (Å²) in [5.41, 5.74) is 1.46. The van der Waals surface area contributed by atoms with Crippen LogP contribution < -0.4 is 5.56 Å². The van der Waals surface area contributed by atoms with E-state index < -0.39 is 0 Å². The number of pyridine rings is 2. The Morgan fingerprint density at radius 3 is 2.68 bits per heavy atom. The third-order valence-electron chi connectivity index (χ3n) is 3.99. The van der Waals surface area contributed by atoms with E-state index in [1.165, 1.54) is 16.3 Å². The molecule has 3 heterocycles. The molecule has 0 spiro atoms. The Bertz CT molecular complexity index is 1290. The van der Waals surface area contributed by atoms with Crippen LogP contribution in [0.5, 0.6) is 0 Å². The first-order valence-electron chi connectivity index (χ1n) is 8.26. The van der Waals surface area contributed by atoms with E-state index >= 15 is 0 Å². The largest absolute Gasteiger partial charge is 0.268 e. The molecule has 0 aliphatic heterocycles. The van der Waals surface area contributed by atoms with Crippen LogP contribution in [-0.4, -0.2) is 19.5 Å². The fourth-order valence-electron chi connectivity index (χ4n) is 2.63. The highest BCUT2D eigenvalue weighted by molar-refractivity contribution is 7.99. The molecule has 6 nitrogen and oxygen atoms in total. The molecule has 0 atom stereocenters. The summed E-state index contributed by atoms with van der Waals surface area (Å²) >= 11 is 7.14. The number of benzene rings is 1. The van der Waals surface area contributed by atoms with Gasteiger partial charge in [0.1, 0.15) is 16.9 Å². The van der Waals surface area contributed by atoms with Crippen LogP contribution in [0.4, 0.5) is 0 Å². The minimum Gasteiger partial charge on any atom is -0.268 e. The standard InChI is InChI=1S/C20H12ClN5OS/c1-12-6-8-17(23-11-12)26-19(27)13-4-2-3-5-15(13)25-20(26)28-18-9-7-14(21)16(10-22)24-18/h2-9,11H,1H3. The van der Waals surface area contributed by atoms with Crippen LogP contribution in [0.25, 0.3) is 16.7 Å². The molecule has 0 bridgehead atoms. The van der Waals surface area contributed by atoms with Gasteiger partial charge in [0.25, 0.3) is 5.56 Å². The van der Waals surface area contributed by atoms with Gasteiger partial charge in [-0.05, 0) is 54.6 Å². The zero-order chi connectivity index (χ0) is 19.7. The maximum Gasteiger partial charge on any atom is 0.267 e. The van der Waals surface area contributed by atoms with E-state index in [1.807, 2.05) is 25.1 Å². The van der Waals surface area contributed by atoms with Gasteiger partial charge in [0.2, 0.25) is 0 Å². The van der Waals surface area contributed by atoms with Gasteiger partial charge in [-0.1, -0.05) is 29.8 Å². The fraction of sp³-hybridized carbons (Fsp3) is 0.0500. The second-order valence-electron chi connectivity index (χ2n) is 5.94. The highest BCUT2D eigenvalue weighted by atomic mass is 35.5. The van der Waals surface area contributed by atoms with E-state index in [-0.39, 0.29) is 16.3 Å². The summed E-state index contributed by atoms with van der Waals surface area (Å²) in [5, 5.41) is 10.8. The first-order valence-corrected chi connectivity index (χ1v) is 9.45. The van der Waals surface area contributed by atoms with Gasteiger partial charge in [-0.15, -0.1) is 0 Å². The summed E-state index contributed by atoms with van der Waals surface area (Å²) in [7, 11) is 0. The molecular formula is C20H12ClN5OS. The van der Waals surface area contributed by atoms with Gasteiger partial charge >= 0.3 is 0 Å². The lowest BCUT2D eigenvalue weighted by molar-refractivity contribution is 0.793. The van der Waals surface area contributed by atoms with Crippen molar-refractivity contribution in [2.45, 2.75) is 17.1 Å². The normalized spacial score (nSPS) is 10.8. The topological polar surface area (TPSA) is 84.5 Å². The van der Waals surface area contributed by atoms with Crippen molar-refractivity contribution in [3.05, 3.63) is 81.4 Å². The number of aromatic nitrogens is 4. The van der Waals surface area contributed by atoms with Gasteiger partial charge in [-0.3, -0.25) is 4.79 Å². The summed E-state index contributed by atoms with van der Waals surface area (Å²) in [6, 6.07) is 16.0. The average Bonchev–Trinajstić information content (AvgIpc) is 2.71. The van der Waals surface area contributed by atoms with Crippen molar-refractivity contribution in [3.63, 3.8) is 0 Å². The molecular weight excluding hydrogens is 394 g/mol. The van der Waals surface area contributed by atoms with Crippen molar-refractivity contribution in [3.8, 4) is 11.9 Å². The molecule has 0 fully saturated rings. The first kappa shape index (κ1) is 18.2. The van der Waals surface area contributed by atoms with Crippen LogP contribution in [0.1, 0.15) is 11.3 Å². The van der Waals surface area contributed by atoms with Crippen molar-refractivity contribution in [1.29, 1.82) is 5.26 Å². The fourth-order valence-corrected chi connectivity index (χ4v) is 3.65. The Morgan fingerprint density at radius 2 is 1.93 bits per heavy atom. The van der Waals surface area contributed by atoms with E-state index in [1.54, 1.807) is 42.6 Å². The van der Waals surface area contributed by atoms with E-state index in [4.69, 9.17) is 16.9 Å². The second kappa shape index (κ2) is 7.43. The van der Waals surface area contributed by atoms with Gasteiger partial charge in [-0.2, -0.15) is 5.26 Å². The molecule has 136 valence electrons. The molecule has 0 radical (unpaired) electrons. The Hall–Kier alpha value is -3.21. The molecule has 4 rings (SSSR count). The van der Waals surface area contributed by atoms with Crippen molar-refractivity contribution in [1.82, 2.24) is 19.5 Å². The van der Waals surface area contributed by atoms with E-state index in [9.17, 15) is 4.79 Å². The predicted molar refractivity (Wildman–Crippen MR) is 108 cm³/mol. The summed E-state index contributed by atoms with van der Waals surface area (Å²) in [4.78, 5) is 26.4. The number of hydrogen-bond donors (Lipinski definition) is 0. The Balaban J connectivity index is 1.94. The summed E-state index contributed by atoms with van der Waals surface area (Å²) in [5.74, 6) is 0.464. The Morgan fingerprint density at radius 1 is 1.11 bits per heavy atom.